The van der Waals surface area contributed by atoms with Gasteiger partial charge in [-0.15, -0.1) is 10.1 Å². The van der Waals surface area contributed by atoms with Gasteiger partial charge in [-0.1, -0.05) is 6.08 Å². The van der Waals surface area contributed by atoms with Gasteiger partial charge in [0.25, 0.3) is 5.09 Å². The molecule has 12 heavy (non-hydrogen) atoms. The minimum atomic E-state index is -0.948. The van der Waals surface area contributed by atoms with E-state index in [1.807, 2.05) is 0 Å². The van der Waals surface area contributed by atoms with Crippen LogP contribution in [0.2, 0.25) is 0 Å². The summed E-state index contributed by atoms with van der Waals surface area (Å²) in [6.07, 6.45) is 1.30. The number of rotatable bonds is 5. The lowest BCUT2D eigenvalue weighted by Gasteiger charge is -1.94. The molecule has 0 aromatic heterocycles. The van der Waals surface area contributed by atoms with Gasteiger partial charge in [-0.3, -0.25) is 10.1 Å². The van der Waals surface area contributed by atoms with Gasteiger partial charge in [0, 0.05) is 4.92 Å². The topological polar surface area (TPSA) is 95.5 Å². The van der Waals surface area contributed by atoms with Gasteiger partial charge in [-0.2, -0.15) is 0 Å². The van der Waals surface area contributed by atoms with E-state index in [0.717, 1.165) is 0 Å². The Bertz CT molecular complexity index is 212. The van der Waals surface area contributed by atoms with E-state index in [1.165, 1.54) is 13.0 Å². The molecule has 0 saturated heterocycles. The summed E-state index contributed by atoms with van der Waals surface area (Å²) in [5.41, 5.74) is 0.432. The third kappa shape index (κ3) is 6.46. The van der Waals surface area contributed by atoms with Crippen molar-refractivity contribution in [2.24, 2.45) is 0 Å². The van der Waals surface area contributed by atoms with E-state index in [2.05, 4.69) is 4.84 Å². The minimum absolute atomic E-state index is 0.243. The minimum Gasteiger partial charge on any atom is -0.310 e. The molecule has 0 unspecified atom stereocenters. The van der Waals surface area contributed by atoms with Crippen LogP contribution in [0.4, 0.5) is 0 Å². The Morgan fingerprint density at radius 3 is 2.50 bits per heavy atom. The van der Waals surface area contributed by atoms with Crippen molar-refractivity contribution in [2.75, 3.05) is 13.2 Å². The predicted octanol–water partition coefficient (Wildman–Crippen LogP) is 0.418. The SMILES string of the molecule is C/C(=C\CO[N+](=O)[O-])C[N+](=O)[O-]. The molecule has 0 heterocycles. The van der Waals surface area contributed by atoms with Gasteiger partial charge in [0.1, 0.15) is 6.61 Å². The van der Waals surface area contributed by atoms with Crippen molar-refractivity contribution in [1.82, 2.24) is 0 Å². The monoisotopic (exact) mass is 176 g/mol. The maximum absolute atomic E-state index is 9.90. The molecule has 7 nitrogen and oxygen atoms in total. The molecule has 0 aromatic rings. The van der Waals surface area contributed by atoms with Gasteiger partial charge in [-0.05, 0) is 12.5 Å². The van der Waals surface area contributed by atoms with Crippen molar-refractivity contribution in [3.05, 3.63) is 31.9 Å². The molecule has 0 radical (unpaired) electrons. The third-order valence-corrected chi connectivity index (χ3v) is 0.990. The Morgan fingerprint density at radius 1 is 1.50 bits per heavy atom. The zero-order valence-electron chi connectivity index (χ0n) is 6.43. The van der Waals surface area contributed by atoms with Crippen molar-refractivity contribution >= 4 is 0 Å². The highest BCUT2D eigenvalue weighted by Crippen LogP contribution is 1.92. The molecule has 0 atom stereocenters. The molecule has 7 heteroatoms. The zero-order valence-corrected chi connectivity index (χ0v) is 6.43. The molecule has 0 bridgehead atoms. The Morgan fingerprint density at radius 2 is 2.08 bits per heavy atom. The van der Waals surface area contributed by atoms with E-state index in [9.17, 15) is 20.2 Å². The first-order valence-electron chi connectivity index (χ1n) is 3.07. The first kappa shape index (κ1) is 10.3. The van der Waals surface area contributed by atoms with Crippen LogP contribution in [-0.4, -0.2) is 23.2 Å². The molecule has 0 aliphatic heterocycles. The van der Waals surface area contributed by atoms with Crippen molar-refractivity contribution in [3.63, 3.8) is 0 Å². The normalized spacial score (nSPS) is 10.9. The van der Waals surface area contributed by atoms with Gasteiger partial charge in [-0.25, -0.2) is 0 Å². The summed E-state index contributed by atoms with van der Waals surface area (Å²) in [4.78, 5) is 22.9. The van der Waals surface area contributed by atoms with Crippen molar-refractivity contribution < 1.29 is 14.8 Å². The number of hydrogen-bond donors (Lipinski definition) is 0. The summed E-state index contributed by atoms with van der Waals surface area (Å²) in [7, 11) is 0. The second kappa shape index (κ2) is 5.05. The lowest BCUT2D eigenvalue weighted by Crippen LogP contribution is -2.04. The first-order chi connectivity index (χ1) is 5.52. The molecule has 0 rings (SSSR count). The fourth-order valence-corrected chi connectivity index (χ4v) is 0.509. The zero-order chi connectivity index (χ0) is 9.56. The largest absolute Gasteiger partial charge is 0.310 e. The second-order valence-corrected chi connectivity index (χ2v) is 2.06. The summed E-state index contributed by atoms with van der Waals surface area (Å²) in [5.74, 6) is 0. The van der Waals surface area contributed by atoms with Crippen molar-refractivity contribution in [1.29, 1.82) is 0 Å². The quantitative estimate of drug-likeness (QED) is 0.343. The van der Waals surface area contributed by atoms with Crippen LogP contribution >= 0.6 is 0 Å². The summed E-state index contributed by atoms with van der Waals surface area (Å²) in [6, 6.07) is 0. The average Bonchev–Trinajstić information content (AvgIpc) is 1.84. The van der Waals surface area contributed by atoms with Gasteiger partial charge in [0.15, 0.2) is 0 Å². The van der Waals surface area contributed by atoms with Crippen LogP contribution in [0.5, 0.6) is 0 Å². The lowest BCUT2D eigenvalue weighted by molar-refractivity contribution is -0.755. The molecule has 0 amide bonds. The van der Waals surface area contributed by atoms with Crippen molar-refractivity contribution in [2.45, 2.75) is 6.92 Å². The standard InChI is InChI=1S/C5H8N2O5/c1-5(4-6(8)9)2-3-12-7(10)11/h2H,3-4H2,1H3/b5-2+. The van der Waals surface area contributed by atoms with Gasteiger partial charge < -0.3 is 4.84 Å². The molecule has 68 valence electrons. The first-order valence-corrected chi connectivity index (χ1v) is 3.07. The Labute approximate surface area is 67.9 Å². The maximum atomic E-state index is 9.90. The van der Waals surface area contributed by atoms with E-state index in [0.29, 0.717) is 5.57 Å². The Hall–Kier alpha value is -1.66. The highest BCUT2D eigenvalue weighted by Gasteiger charge is 1.98. The molecular weight excluding hydrogens is 168 g/mol. The fourth-order valence-electron chi connectivity index (χ4n) is 0.509. The molecule has 0 spiro atoms. The second-order valence-electron chi connectivity index (χ2n) is 2.06. The molecule has 0 N–H and O–H groups in total. The molecule has 0 aliphatic carbocycles. The summed E-state index contributed by atoms with van der Waals surface area (Å²) in [6.45, 7) is 0.944. The van der Waals surface area contributed by atoms with E-state index in [4.69, 9.17) is 0 Å². The summed E-state index contributed by atoms with van der Waals surface area (Å²) < 4.78 is 0. The van der Waals surface area contributed by atoms with E-state index in [1.54, 1.807) is 0 Å². The average molecular weight is 176 g/mol. The molecule has 0 fully saturated rings. The van der Waals surface area contributed by atoms with Crippen LogP contribution in [0.3, 0.4) is 0 Å². The van der Waals surface area contributed by atoms with Crippen LogP contribution in [0.15, 0.2) is 11.6 Å². The van der Waals surface area contributed by atoms with Crippen LogP contribution in [-0.2, 0) is 4.84 Å². The molecule has 0 aliphatic rings. The highest BCUT2D eigenvalue weighted by atomic mass is 16.9. The Kier molecular flexibility index (Phi) is 4.35. The van der Waals surface area contributed by atoms with Gasteiger partial charge >= 0.3 is 0 Å². The van der Waals surface area contributed by atoms with Gasteiger partial charge in [0.2, 0.25) is 6.54 Å². The van der Waals surface area contributed by atoms with Crippen LogP contribution in [0.1, 0.15) is 6.92 Å². The van der Waals surface area contributed by atoms with Crippen LogP contribution in [0.25, 0.3) is 0 Å². The van der Waals surface area contributed by atoms with Crippen LogP contribution < -0.4 is 0 Å². The number of nitrogens with zero attached hydrogens (tertiary/aromatic N) is 2. The molecule has 0 aromatic carbocycles. The van der Waals surface area contributed by atoms with Gasteiger partial charge in [0.05, 0.1) is 0 Å². The summed E-state index contributed by atoms with van der Waals surface area (Å²) in [5, 5.41) is 18.6. The van der Waals surface area contributed by atoms with Crippen molar-refractivity contribution in [3.8, 4) is 0 Å². The van der Waals surface area contributed by atoms with Crippen LogP contribution in [0, 0.1) is 20.2 Å². The maximum Gasteiger partial charge on any atom is 0.294 e. The molecule has 0 saturated carbocycles. The number of hydrogen-bond acceptors (Lipinski definition) is 5. The highest BCUT2D eigenvalue weighted by molar-refractivity contribution is 4.97. The number of nitro groups is 1. The van der Waals surface area contributed by atoms with E-state index < -0.39 is 10.0 Å². The van der Waals surface area contributed by atoms with E-state index in [-0.39, 0.29) is 13.2 Å². The van der Waals surface area contributed by atoms with E-state index >= 15 is 0 Å². The fraction of sp³-hybridized carbons (Fsp3) is 0.600. The summed E-state index contributed by atoms with van der Waals surface area (Å²) >= 11 is 0. The molecular formula is C5H8N2O5. The lowest BCUT2D eigenvalue weighted by atomic mass is 10.3. The Balaban J connectivity index is 3.69. The third-order valence-electron chi connectivity index (χ3n) is 0.990. The predicted molar refractivity (Wildman–Crippen MR) is 38.6 cm³/mol. The smallest absolute Gasteiger partial charge is 0.294 e.